The molecule has 0 aromatic heterocycles. The Morgan fingerprint density at radius 2 is 1.82 bits per heavy atom. The molecule has 1 unspecified atom stereocenters. The molecule has 0 aliphatic heterocycles. The highest BCUT2D eigenvalue weighted by molar-refractivity contribution is 7.90. The van der Waals surface area contributed by atoms with Crippen LogP contribution in [0.3, 0.4) is 0 Å². The van der Waals surface area contributed by atoms with Crippen LogP contribution in [0.1, 0.15) is 29.0 Å². The van der Waals surface area contributed by atoms with Crippen molar-refractivity contribution >= 4 is 26.7 Å². The summed E-state index contributed by atoms with van der Waals surface area (Å²) < 4.78 is 33.7. The summed E-state index contributed by atoms with van der Waals surface area (Å²) in [5.41, 5.74) is 2.96. The van der Waals surface area contributed by atoms with E-state index in [1.165, 1.54) is 6.07 Å². The van der Waals surface area contributed by atoms with Gasteiger partial charge in [-0.2, -0.15) is 0 Å². The molecule has 0 fully saturated rings. The highest BCUT2D eigenvalue weighted by atomic mass is 32.2. The van der Waals surface area contributed by atoms with E-state index in [0.717, 1.165) is 28.5 Å². The maximum Gasteiger partial charge on any atom is 0.264 e. The minimum atomic E-state index is -4.00. The first kappa shape index (κ1) is 18.5. The van der Waals surface area contributed by atoms with Crippen molar-refractivity contribution < 1.29 is 17.9 Å². The second-order valence-corrected chi connectivity index (χ2v) is 8.67. The summed E-state index contributed by atoms with van der Waals surface area (Å²) in [7, 11) is -2.44. The van der Waals surface area contributed by atoms with Gasteiger partial charge in [-0.25, -0.2) is 13.1 Å². The second kappa shape index (κ2) is 6.95. The summed E-state index contributed by atoms with van der Waals surface area (Å²) in [6.07, 6.45) is 1.29. The SMILES string of the molecule is COc1ccc(C)c2c1C(C(=O)NS(=O)(=O)c1cccc3ccccc13)CC2. The molecule has 28 heavy (non-hydrogen) atoms. The van der Waals surface area contributed by atoms with E-state index in [1.54, 1.807) is 25.3 Å². The molecule has 1 aliphatic rings. The Kier molecular flexibility index (Phi) is 4.59. The number of hydrogen-bond acceptors (Lipinski definition) is 4. The third-order valence-corrected chi connectivity index (χ3v) is 6.80. The third kappa shape index (κ3) is 3.03. The molecule has 4 rings (SSSR count). The van der Waals surface area contributed by atoms with Gasteiger partial charge in [0, 0.05) is 10.9 Å². The van der Waals surface area contributed by atoms with Crippen LogP contribution in [0.5, 0.6) is 5.75 Å². The van der Waals surface area contributed by atoms with E-state index in [2.05, 4.69) is 4.72 Å². The fourth-order valence-electron chi connectivity index (χ4n) is 4.03. The number of sulfonamides is 1. The summed E-state index contributed by atoms with van der Waals surface area (Å²) in [4.78, 5) is 13.1. The summed E-state index contributed by atoms with van der Waals surface area (Å²) in [5.74, 6) is -0.439. The molecule has 1 amide bonds. The lowest BCUT2D eigenvalue weighted by Gasteiger charge is -2.17. The van der Waals surface area contributed by atoms with Gasteiger partial charge in [0.05, 0.1) is 17.9 Å². The maximum atomic E-state index is 13.0. The molecule has 0 saturated heterocycles. The minimum absolute atomic E-state index is 0.105. The Balaban J connectivity index is 1.70. The summed E-state index contributed by atoms with van der Waals surface area (Å²) in [5, 5.41) is 1.40. The number of ether oxygens (including phenoxy) is 1. The van der Waals surface area contributed by atoms with Gasteiger partial charge in [0.15, 0.2) is 0 Å². The first-order chi connectivity index (χ1) is 13.4. The number of rotatable bonds is 4. The van der Waals surface area contributed by atoms with E-state index in [1.807, 2.05) is 37.3 Å². The smallest absolute Gasteiger partial charge is 0.264 e. The molecule has 0 radical (unpaired) electrons. The molecule has 1 atom stereocenters. The lowest BCUT2D eigenvalue weighted by molar-refractivity contribution is -0.120. The van der Waals surface area contributed by atoms with Gasteiger partial charge in [0.25, 0.3) is 10.0 Å². The van der Waals surface area contributed by atoms with E-state index in [9.17, 15) is 13.2 Å². The molecule has 0 spiro atoms. The van der Waals surface area contributed by atoms with Crippen molar-refractivity contribution in [3.05, 3.63) is 71.3 Å². The zero-order valence-corrected chi connectivity index (χ0v) is 16.5. The van der Waals surface area contributed by atoms with Crippen LogP contribution >= 0.6 is 0 Å². The average Bonchev–Trinajstić information content (AvgIpc) is 3.14. The van der Waals surface area contributed by atoms with E-state index in [0.29, 0.717) is 17.6 Å². The number of amides is 1. The van der Waals surface area contributed by atoms with Gasteiger partial charge in [-0.15, -0.1) is 0 Å². The highest BCUT2D eigenvalue weighted by Crippen LogP contribution is 2.41. The molecule has 3 aromatic rings. The van der Waals surface area contributed by atoms with E-state index >= 15 is 0 Å². The lowest BCUT2D eigenvalue weighted by atomic mass is 9.97. The van der Waals surface area contributed by atoms with E-state index in [4.69, 9.17) is 4.74 Å². The molecule has 3 aromatic carbocycles. The van der Waals surface area contributed by atoms with Crippen molar-refractivity contribution in [2.75, 3.05) is 7.11 Å². The van der Waals surface area contributed by atoms with Crippen LogP contribution in [0.15, 0.2) is 59.5 Å². The lowest BCUT2D eigenvalue weighted by Crippen LogP contribution is -2.34. The van der Waals surface area contributed by atoms with Crippen LogP contribution in [0.25, 0.3) is 10.8 Å². The number of carbonyl (C=O) groups excluding carboxylic acids is 1. The van der Waals surface area contributed by atoms with Gasteiger partial charge >= 0.3 is 0 Å². The Morgan fingerprint density at radius 1 is 1.07 bits per heavy atom. The zero-order valence-electron chi connectivity index (χ0n) is 15.7. The van der Waals surface area contributed by atoms with E-state index < -0.39 is 21.8 Å². The van der Waals surface area contributed by atoms with Crippen LogP contribution in [-0.4, -0.2) is 21.4 Å². The van der Waals surface area contributed by atoms with Crippen molar-refractivity contribution in [2.45, 2.75) is 30.6 Å². The van der Waals surface area contributed by atoms with Crippen LogP contribution in [0.4, 0.5) is 0 Å². The standard InChI is InChI=1S/C22H21NO4S/c1-14-10-13-19(27-2)21-16(14)11-12-18(21)22(24)23-28(25,26)20-9-5-7-15-6-3-4-8-17(15)20/h3-10,13,18H,11-12H2,1-2H3,(H,23,24). The van der Waals surface area contributed by atoms with Crippen molar-refractivity contribution in [3.8, 4) is 5.75 Å². The number of fused-ring (bicyclic) bond motifs is 2. The van der Waals surface area contributed by atoms with Crippen molar-refractivity contribution in [1.82, 2.24) is 4.72 Å². The Hall–Kier alpha value is -2.86. The molecule has 5 nitrogen and oxygen atoms in total. The monoisotopic (exact) mass is 395 g/mol. The summed E-state index contributed by atoms with van der Waals surface area (Å²) in [6, 6.07) is 16.1. The number of carbonyl (C=O) groups is 1. The van der Waals surface area contributed by atoms with Crippen molar-refractivity contribution in [3.63, 3.8) is 0 Å². The number of nitrogens with one attached hydrogen (secondary N) is 1. The van der Waals surface area contributed by atoms with Crippen LogP contribution in [-0.2, 0) is 21.2 Å². The van der Waals surface area contributed by atoms with Gasteiger partial charge in [0.2, 0.25) is 5.91 Å². The van der Waals surface area contributed by atoms with Gasteiger partial charge < -0.3 is 4.74 Å². The van der Waals surface area contributed by atoms with E-state index in [-0.39, 0.29) is 4.90 Å². The second-order valence-electron chi connectivity index (χ2n) is 7.02. The molecule has 0 bridgehead atoms. The summed E-state index contributed by atoms with van der Waals surface area (Å²) in [6.45, 7) is 1.99. The Bertz CT molecular complexity index is 1180. The molecule has 0 saturated carbocycles. The van der Waals surface area contributed by atoms with Gasteiger partial charge in [-0.1, -0.05) is 42.5 Å². The predicted molar refractivity (Wildman–Crippen MR) is 108 cm³/mol. The van der Waals surface area contributed by atoms with Gasteiger partial charge in [0.1, 0.15) is 5.75 Å². The number of benzene rings is 3. The zero-order chi connectivity index (χ0) is 19.9. The van der Waals surface area contributed by atoms with Crippen LogP contribution in [0, 0.1) is 6.92 Å². The molecule has 144 valence electrons. The van der Waals surface area contributed by atoms with Crippen molar-refractivity contribution in [2.24, 2.45) is 0 Å². The number of aryl methyl sites for hydroxylation is 1. The van der Waals surface area contributed by atoms with Gasteiger partial charge in [-0.3, -0.25) is 4.79 Å². The third-order valence-electron chi connectivity index (χ3n) is 5.39. The minimum Gasteiger partial charge on any atom is -0.496 e. The highest BCUT2D eigenvalue weighted by Gasteiger charge is 2.35. The summed E-state index contributed by atoms with van der Waals surface area (Å²) >= 11 is 0. The molecular weight excluding hydrogens is 374 g/mol. The predicted octanol–water partition coefficient (Wildman–Crippen LogP) is 3.69. The normalized spacial score (nSPS) is 16.0. The molecular formula is C22H21NO4S. The van der Waals surface area contributed by atoms with Crippen molar-refractivity contribution in [1.29, 1.82) is 0 Å². The van der Waals surface area contributed by atoms with Crippen LogP contribution in [0.2, 0.25) is 0 Å². The molecule has 6 heteroatoms. The molecule has 1 N–H and O–H groups in total. The average molecular weight is 395 g/mol. The largest absolute Gasteiger partial charge is 0.496 e. The first-order valence-electron chi connectivity index (χ1n) is 9.13. The molecule has 0 heterocycles. The fourth-order valence-corrected chi connectivity index (χ4v) is 5.28. The Labute approximate surface area is 164 Å². The fraction of sp³-hybridized carbons (Fsp3) is 0.227. The Morgan fingerprint density at radius 3 is 2.61 bits per heavy atom. The van der Waals surface area contributed by atoms with Gasteiger partial charge in [-0.05, 0) is 48.4 Å². The quantitative estimate of drug-likeness (QED) is 0.731. The topological polar surface area (TPSA) is 72.5 Å². The maximum absolute atomic E-state index is 13.0. The number of hydrogen-bond donors (Lipinski definition) is 1. The van der Waals surface area contributed by atoms with Crippen LogP contribution < -0.4 is 9.46 Å². The molecule has 1 aliphatic carbocycles. The first-order valence-corrected chi connectivity index (χ1v) is 10.6. The number of methoxy groups -OCH3 is 1.